The maximum Gasteiger partial charge on any atom is 0.239 e. The van der Waals surface area contributed by atoms with Crippen LogP contribution in [0.3, 0.4) is 0 Å². The molecule has 1 amide bonds. The lowest BCUT2D eigenvalue weighted by atomic mass is 10.0. The Bertz CT molecular complexity index is 694. The maximum absolute atomic E-state index is 12.5. The van der Waals surface area contributed by atoms with E-state index in [1.54, 1.807) is 11.3 Å². The number of carbonyl (C=O) groups is 1. The molecule has 2 aliphatic rings. The number of amides is 1. The fraction of sp³-hybridized carbons (Fsp3) is 0.474. The zero-order valence-electron chi connectivity index (χ0n) is 13.8. The number of rotatable bonds is 4. The second-order valence-electron chi connectivity index (χ2n) is 6.75. The van der Waals surface area contributed by atoms with Crippen LogP contribution in [0, 0.1) is 0 Å². The number of nitrogens with one attached hydrogen (secondary N) is 1. The number of benzene rings is 1. The quantitative estimate of drug-likeness (QED) is 0.930. The first-order chi connectivity index (χ1) is 11.8. The molecule has 2 atom stereocenters. The summed E-state index contributed by atoms with van der Waals surface area (Å²) in [6.07, 6.45) is 4.07. The Morgan fingerprint density at radius 1 is 1.25 bits per heavy atom. The monoisotopic (exact) mass is 341 g/mol. The average Bonchev–Trinajstić information content (AvgIpc) is 3.36. The van der Waals surface area contributed by atoms with Crippen molar-refractivity contribution in [1.82, 2.24) is 15.2 Å². The Morgan fingerprint density at radius 3 is 2.83 bits per heavy atom. The standard InChI is InChI=1S/C19H23N3OS/c23-19(22-8-4-5-9-22)16-11-15(12-20-16)17-13-24-18(21-17)10-14-6-2-1-3-7-14/h1-3,6-7,13,15-16,20H,4-5,8-12H2. The van der Waals surface area contributed by atoms with Gasteiger partial charge in [0.2, 0.25) is 5.91 Å². The molecule has 0 spiro atoms. The van der Waals surface area contributed by atoms with Gasteiger partial charge in [0.25, 0.3) is 0 Å². The zero-order valence-corrected chi connectivity index (χ0v) is 14.6. The molecule has 4 nitrogen and oxygen atoms in total. The predicted molar refractivity (Wildman–Crippen MR) is 96.3 cm³/mol. The van der Waals surface area contributed by atoms with Gasteiger partial charge in [0, 0.05) is 37.4 Å². The zero-order chi connectivity index (χ0) is 16.4. The molecule has 3 heterocycles. The van der Waals surface area contributed by atoms with Gasteiger partial charge in [-0.3, -0.25) is 4.79 Å². The molecule has 1 N–H and O–H groups in total. The van der Waals surface area contributed by atoms with Crippen molar-refractivity contribution in [3.05, 3.63) is 52.0 Å². The summed E-state index contributed by atoms with van der Waals surface area (Å²) in [5, 5.41) is 6.75. The summed E-state index contributed by atoms with van der Waals surface area (Å²) in [4.78, 5) is 19.4. The largest absolute Gasteiger partial charge is 0.341 e. The Hall–Kier alpha value is -1.72. The molecule has 0 aliphatic carbocycles. The molecular formula is C19H23N3OS. The molecule has 2 aliphatic heterocycles. The van der Waals surface area contributed by atoms with Crippen molar-refractivity contribution in [3.63, 3.8) is 0 Å². The molecule has 1 aromatic heterocycles. The number of carbonyl (C=O) groups excluding carboxylic acids is 1. The van der Waals surface area contributed by atoms with Gasteiger partial charge in [0.1, 0.15) is 0 Å². The average molecular weight is 341 g/mol. The van der Waals surface area contributed by atoms with Gasteiger partial charge < -0.3 is 10.2 Å². The number of thiazole rings is 1. The van der Waals surface area contributed by atoms with Gasteiger partial charge in [-0.15, -0.1) is 11.3 Å². The highest BCUT2D eigenvalue weighted by molar-refractivity contribution is 7.09. The van der Waals surface area contributed by atoms with Crippen LogP contribution >= 0.6 is 11.3 Å². The van der Waals surface area contributed by atoms with Crippen LogP contribution in [0.15, 0.2) is 35.7 Å². The smallest absolute Gasteiger partial charge is 0.239 e. The van der Waals surface area contributed by atoms with Crippen LogP contribution in [0.4, 0.5) is 0 Å². The van der Waals surface area contributed by atoms with Gasteiger partial charge in [-0.1, -0.05) is 30.3 Å². The lowest BCUT2D eigenvalue weighted by Crippen LogP contribution is -2.42. The molecule has 24 heavy (non-hydrogen) atoms. The SMILES string of the molecule is O=C(C1CC(c2csc(Cc3ccccc3)n2)CN1)N1CCCC1. The van der Waals surface area contributed by atoms with Gasteiger partial charge in [0.05, 0.1) is 16.7 Å². The molecule has 2 saturated heterocycles. The van der Waals surface area contributed by atoms with Crippen molar-refractivity contribution in [2.24, 2.45) is 0 Å². The number of likely N-dealkylation sites (tertiary alicyclic amines) is 1. The molecule has 5 heteroatoms. The summed E-state index contributed by atoms with van der Waals surface area (Å²) in [5.41, 5.74) is 2.44. The minimum Gasteiger partial charge on any atom is -0.341 e. The van der Waals surface area contributed by atoms with Crippen molar-refractivity contribution in [3.8, 4) is 0 Å². The van der Waals surface area contributed by atoms with Crippen LogP contribution < -0.4 is 5.32 Å². The lowest BCUT2D eigenvalue weighted by Gasteiger charge is -2.19. The van der Waals surface area contributed by atoms with E-state index in [0.29, 0.717) is 5.92 Å². The summed E-state index contributed by atoms with van der Waals surface area (Å²) >= 11 is 1.73. The predicted octanol–water partition coefficient (Wildman–Crippen LogP) is 2.80. The number of aromatic nitrogens is 1. The Balaban J connectivity index is 1.38. The summed E-state index contributed by atoms with van der Waals surface area (Å²) in [6.45, 7) is 2.72. The topological polar surface area (TPSA) is 45.2 Å². The molecule has 2 unspecified atom stereocenters. The second kappa shape index (κ2) is 7.03. The third-order valence-corrected chi connectivity index (χ3v) is 5.90. The molecule has 0 bridgehead atoms. The van der Waals surface area contributed by atoms with E-state index in [-0.39, 0.29) is 11.9 Å². The van der Waals surface area contributed by atoms with Crippen molar-refractivity contribution < 1.29 is 4.79 Å². The fourth-order valence-electron chi connectivity index (χ4n) is 3.67. The molecule has 4 rings (SSSR count). The van der Waals surface area contributed by atoms with Crippen LogP contribution in [0.1, 0.15) is 41.4 Å². The Labute approximate surface area is 146 Å². The summed E-state index contributed by atoms with van der Waals surface area (Å²) < 4.78 is 0. The first-order valence-electron chi connectivity index (χ1n) is 8.80. The molecule has 0 radical (unpaired) electrons. The van der Waals surface area contributed by atoms with E-state index in [1.807, 2.05) is 11.0 Å². The van der Waals surface area contributed by atoms with E-state index >= 15 is 0 Å². The van der Waals surface area contributed by atoms with Crippen LogP contribution in [-0.2, 0) is 11.2 Å². The van der Waals surface area contributed by atoms with E-state index in [0.717, 1.165) is 56.0 Å². The van der Waals surface area contributed by atoms with Crippen LogP contribution in [0.5, 0.6) is 0 Å². The van der Waals surface area contributed by atoms with E-state index in [4.69, 9.17) is 4.98 Å². The highest BCUT2D eigenvalue weighted by Gasteiger charge is 2.34. The van der Waals surface area contributed by atoms with Crippen molar-refractivity contribution in [1.29, 1.82) is 0 Å². The van der Waals surface area contributed by atoms with E-state index in [2.05, 4.69) is 35.0 Å². The third kappa shape index (κ3) is 3.37. The van der Waals surface area contributed by atoms with Crippen LogP contribution in [0.2, 0.25) is 0 Å². The number of hydrogen-bond acceptors (Lipinski definition) is 4. The number of nitrogens with zero attached hydrogens (tertiary/aromatic N) is 2. The van der Waals surface area contributed by atoms with E-state index in [1.165, 1.54) is 5.56 Å². The van der Waals surface area contributed by atoms with Gasteiger partial charge >= 0.3 is 0 Å². The highest BCUT2D eigenvalue weighted by Crippen LogP contribution is 2.29. The van der Waals surface area contributed by atoms with Gasteiger partial charge in [-0.25, -0.2) is 4.98 Å². The molecule has 1 aromatic carbocycles. The first kappa shape index (κ1) is 15.8. The normalized spacial score (nSPS) is 23.8. The van der Waals surface area contributed by atoms with Crippen LogP contribution in [0.25, 0.3) is 0 Å². The summed E-state index contributed by atoms with van der Waals surface area (Å²) in [6, 6.07) is 10.4. The molecule has 0 saturated carbocycles. The van der Waals surface area contributed by atoms with Crippen molar-refractivity contribution in [2.75, 3.05) is 19.6 Å². The van der Waals surface area contributed by atoms with E-state index < -0.39 is 0 Å². The molecular weight excluding hydrogens is 318 g/mol. The third-order valence-electron chi connectivity index (χ3n) is 5.03. The van der Waals surface area contributed by atoms with Gasteiger partial charge in [-0.2, -0.15) is 0 Å². The number of hydrogen-bond donors (Lipinski definition) is 1. The Morgan fingerprint density at radius 2 is 2.04 bits per heavy atom. The maximum atomic E-state index is 12.5. The second-order valence-corrected chi connectivity index (χ2v) is 7.70. The Kier molecular flexibility index (Phi) is 4.63. The minimum absolute atomic E-state index is 0.0210. The summed E-state index contributed by atoms with van der Waals surface area (Å²) in [7, 11) is 0. The van der Waals surface area contributed by atoms with Gasteiger partial charge in [-0.05, 0) is 24.8 Å². The molecule has 2 aromatic rings. The minimum atomic E-state index is -0.0210. The summed E-state index contributed by atoms with van der Waals surface area (Å²) in [5.74, 6) is 0.650. The van der Waals surface area contributed by atoms with Crippen LogP contribution in [-0.4, -0.2) is 41.5 Å². The highest BCUT2D eigenvalue weighted by atomic mass is 32.1. The fourth-order valence-corrected chi connectivity index (χ4v) is 4.58. The lowest BCUT2D eigenvalue weighted by molar-refractivity contribution is -0.132. The van der Waals surface area contributed by atoms with E-state index in [9.17, 15) is 4.79 Å². The van der Waals surface area contributed by atoms with Crippen molar-refractivity contribution >= 4 is 17.2 Å². The molecule has 2 fully saturated rings. The molecule has 126 valence electrons. The van der Waals surface area contributed by atoms with Crippen molar-refractivity contribution in [2.45, 2.75) is 37.6 Å². The first-order valence-corrected chi connectivity index (χ1v) is 9.68. The van der Waals surface area contributed by atoms with Gasteiger partial charge in [0.15, 0.2) is 0 Å².